The maximum Gasteiger partial charge on any atom is 0.254 e. The van der Waals surface area contributed by atoms with Gasteiger partial charge in [0.25, 0.3) is 11.8 Å². The second-order valence-corrected chi connectivity index (χ2v) is 9.04. The van der Waals surface area contributed by atoms with Crippen molar-refractivity contribution in [2.75, 3.05) is 13.6 Å². The van der Waals surface area contributed by atoms with E-state index in [4.69, 9.17) is 5.26 Å². The summed E-state index contributed by atoms with van der Waals surface area (Å²) in [4.78, 5) is 26.6. The molecule has 9 heteroatoms. The molecule has 0 radical (unpaired) electrons. The Kier molecular flexibility index (Phi) is 7.05. The van der Waals surface area contributed by atoms with E-state index >= 15 is 0 Å². The standard InChI is InChI=1S/C22H24N4O4S/c1-24-21(27)17-5-3-16(4-6-17)15-26(19-9-10-19)22(28)18-7-11-20(12-8-18)31(29,30)25-14-2-13-23/h3-8,11-12,19,25H,2,9-10,14-15H2,1H3,(H,24,27). The number of carbonyl (C=O) groups is 2. The van der Waals surface area contributed by atoms with Crippen LogP contribution in [0.3, 0.4) is 0 Å². The lowest BCUT2D eigenvalue weighted by molar-refractivity contribution is 0.0729. The van der Waals surface area contributed by atoms with E-state index in [1.807, 2.05) is 18.2 Å². The monoisotopic (exact) mass is 440 g/mol. The summed E-state index contributed by atoms with van der Waals surface area (Å²) in [6.45, 7) is 0.445. The fraction of sp³-hybridized carbons (Fsp3) is 0.318. The third-order valence-electron chi connectivity index (χ3n) is 4.99. The van der Waals surface area contributed by atoms with E-state index in [0.717, 1.165) is 18.4 Å². The van der Waals surface area contributed by atoms with Crippen LogP contribution in [-0.2, 0) is 16.6 Å². The molecule has 0 bridgehead atoms. The van der Waals surface area contributed by atoms with Gasteiger partial charge in [0.1, 0.15) is 0 Å². The lowest BCUT2D eigenvalue weighted by Crippen LogP contribution is -2.32. The summed E-state index contributed by atoms with van der Waals surface area (Å²) in [6, 6.07) is 14.9. The number of benzene rings is 2. The maximum atomic E-state index is 13.1. The molecule has 31 heavy (non-hydrogen) atoms. The summed E-state index contributed by atoms with van der Waals surface area (Å²) < 4.78 is 26.8. The predicted molar refractivity (Wildman–Crippen MR) is 115 cm³/mol. The van der Waals surface area contributed by atoms with Crippen molar-refractivity contribution in [2.45, 2.75) is 36.7 Å². The van der Waals surface area contributed by atoms with Gasteiger partial charge in [0.2, 0.25) is 10.0 Å². The van der Waals surface area contributed by atoms with E-state index < -0.39 is 10.0 Å². The van der Waals surface area contributed by atoms with Gasteiger partial charge in [0.15, 0.2) is 0 Å². The Morgan fingerprint density at radius 1 is 1.06 bits per heavy atom. The van der Waals surface area contributed by atoms with Crippen LogP contribution >= 0.6 is 0 Å². The van der Waals surface area contributed by atoms with Crippen LogP contribution in [0.5, 0.6) is 0 Å². The van der Waals surface area contributed by atoms with Crippen molar-refractivity contribution >= 4 is 21.8 Å². The van der Waals surface area contributed by atoms with Gasteiger partial charge in [-0.2, -0.15) is 5.26 Å². The quantitative estimate of drug-likeness (QED) is 0.579. The lowest BCUT2D eigenvalue weighted by Gasteiger charge is -2.23. The molecule has 1 fully saturated rings. The van der Waals surface area contributed by atoms with Crippen LogP contribution in [0.1, 0.15) is 45.5 Å². The number of nitriles is 1. The van der Waals surface area contributed by atoms with Gasteiger partial charge in [-0.05, 0) is 54.8 Å². The van der Waals surface area contributed by atoms with Crippen molar-refractivity contribution in [1.29, 1.82) is 5.26 Å². The second-order valence-electron chi connectivity index (χ2n) is 7.27. The van der Waals surface area contributed by atoms with Crippen LogP contribution in [0.25, 0.3) is 0 Å². The molecule has 3 rings (SSSR count). The third-order valence-corrected chi connectivity index (χ3v) is 6.46. The largest absolute Gasteiger partial charge is 0.355 e. The summed E-state index contributed by atoms with van der Waals surface area (Å²) in [7, 11) is -2.15. The normalized spacial score (nSPS) is 13.3. The van der Waals surface area contributed by atoms with E-state index in [2.05, 4.69) is 10.0 Å². The Hall–Kier alpha value is -3.22. The number of nitrogens with zero attached hydrogens (tertiary/aromatic N) is 2. The van der Waals surface area contributed by atoms with E-state index in [1.165, 1.54) is 24.3 Å². The number of carbonyl (C=O) groups excluding carboxylic acids is 2. The molecule has 0 heterocycles. The van der Waals surface area contributed by atoms with E-state index in [1.54, 1.807) is 24.1 Å². The number of hydrogen-bond donors (Lipinski definition) is 2. The van der Waals surface area contributed by atoms with Gasteiger partial charge in [0.05, 0.1) is 11.0 Å². The number of rotatable bonds is 9. The highest BCUT2D eigenvalue weighted by atomic mass is 32.2. The van der Waals surface area contributed by atoms with Gasteiger partial charge < -0.3 is 10.2 Å². The molecule has 1 saturated carbocycles. The predicted octanol–water partition coefficient (Wildman–Crippen LogP) is 2.04. The SMILES string of the molecule is CNC(=O)c1ccc(CN(C(=O)c2ccc(S(=O)(=O)NCCC#N)cc2)C2CC2)cc1. The first-order valence-corrected chi connectivity index (χ1v) is 11.4. The van der Waals surface area contributed by atoms with Gasteiger partial charge in [0, 0.05) is 43.7 Å². The first-order valence-electron chi connectivity index (χ1n) is 9.94. The molecule has 0 aromatic heterocycles. The molecule has 1 aliphatic carbocycles. The fourth-order valence-corrected chi connectivity index (χ4v) is 4.15. The third kappa shape index (κ3) is 5.69. The first-order chi connectivity index (χ1) is 14.9. The summed E-state index contributed by atoms with van der Waals surface area (Å²) >= 11 is 0. The Morgan fingerprint density at radius 3 is 2.23 bits per heavy atom. The van der Waals surface area contributed by atoms with E-state index in [0.29, 0.717) is 17.7 Å². The van der Waals surface area contributed by atoms with Crippen LogP contribution in [0.4, 0.5) is 0 Å². The topological polar surface area (TPSA) is 119 Å². The molecule has 0 saturated heterocycles. The van der Waals surface area contributed by atoms with E-state index in [9.17, 15) is 18.0 Å². The summed E-state index contributed by atoms with van der Waals surface area (Å²) in [6.07, 6.45) is 1.94. The molecular weight excluding hydrogens is 416 g/mol. The molecule has 8 nitrogen and oxygen atoms in total. The Balaban J connectivity index is 1.72. The van der Waals surface area contributed by atoms with Crippen molar-refractivity contribution < 1.29 is 18.0 Å². The molecular formula is C22H24N4O4S. The van der Waals surface area contributed by atoms with Gasteiger partial charge >= 0.3 is 0 Å². The van der Waals surface area contributed by atoms with Crippen LogP contribution in [0.2, 0.25) is 0 Å². The molecule has 2 amide bonds. The zero-order valence-corrected chi connectivity index (χ0v) is 18.0. The van der Waals surface area contributed by atoms with Crippen LogP contribution < -0.4 is 10.0 Å². The summed E-state index contributed by atoms with van der Waals surface area (Å²) in [5, 5.41) is 11.1. The van der Waals surface area contributed by atoms with Crippen molar-refractivity contribution in [1.82, 2.24) is 14.9 Å². The Morgan fingerprint density at radius 2 is 1.68 bits per heavy atom. The molecule has 1 aliphatic rings. The minimum atomic E-state index is -3.72. The zero-order valence-electron chi connectivity index (χ0n) is 17.2. The van der Waals surface area contributed by atoms with Gasteiger partial charge in [-0.1, -0.05) is 12.1 Å². The summed E-state index contributed by atoms with van der Waals surface area (Å²) in [5.74, 6) is -0.335. The van der Waals surface area contributed by atoms with Crippen LogP contribution in [-0.4, -0.2) is 44.8 Å². The van der Waals surface area contributed by atoms with Gasteiger partial charge in [-0.3, -0.25) is 9.59 Å². The van der Waals surface area contributed by atoms with Crippen LogP contribution in [0, 0.1) is 11.3 Å². The lowest BCUT2D eigenvalue weighted by atomic mass is 10.1. The molecule has 2 aromatic carbocycles. The van der Waals surface area contributed by atoms with Gasteiger partial charge in [-0.25, -0.2) is 13.1 Å². The van der Waals surface area contributed by atoms with Crippen LogP contribution in [0.15, 0.2) is 53.4 Å². The van der Waals surface area contributed by atoms with Crippen molar-refractivity contribution in [2.24, 2.45) is 0 Å². The molecule has 162 valence electrons. The highest BCUT2D eigenvalue weighted by Gasteiger charge is 2.33. The molecule has 0 unspecified atom stereocenters. The average molecular weight is 441 g/mol. The summed E-state index contributed by atoms with van der Waals surface area (Å²) in [5.41, 5.74) is 1.87. The molecule has 0 aliphatic heterocycles. The molecule has 0 spiro atoms. The fourth-order valence-electron chi connectivity index (χ4n) is 3.12. The van der Waals surface area contributed by atoms with Crippen molar-refractivity contribution in [3.05, 3.63) is 65.2 Å². The first kappa shape index (κ1) is 22.5. The zero-order chi connectivity index (χ0) is 22.4. The number of hydrogen-bond acceptors (Lipinski definition) is 5. The number of sulfonamides is 1. The second kappa shape index (κ2) is 9.73. The van der Waals surface area contributed by atoms with Crippen molar-refractivity contribution in [3.8, 4) is 6.07 Å². The highest BCUT2D eigenvalue weighted by molar-refractivity contribution is 7.89. The highest BCUT2D eigenvalue weighted by Crippen LogP contribution is 2.30. The molecule has 2 N–H and O–H groups in total. The number of amides is 2. The van der Waals surface area contributed by atoms with Crippen molar-refractivity contribution in [3.63, 3.8) is 0 Å². The average Bonchev–Trinajstić information content (AvgIpc) is 3.62. The maximum absolute atomic E-state index is 13.1. The minimum absolute atomic E-state index is 0.0354. The number of nitrogens with one attached hydrogen (secondary N) is 2. The minimum Gasteiger partial charge on any atom is -0.355 e. The Bertz CT molecular complexity index is 1090. The van der Waals surface area contributed by atoms with E-state index in [-0.39, 0.29) is 35.7 Å². The Labute approximate surface area is 181 Å². The molecule has 2 aromatic rings. The molecule has 0 atom stereocenters. The van der Waals surface area contributed by atoms with Gasteiger partial charge in [-0.15, -0.1) is 0 Å². The smallest absolute Gasteiger partial charge is 0.254 e.